The van der Waals surface area contributed by atoms with Crippen molar-refractivity contribution in [1.82, 2.24) is 0 Å². The van der Waals surface area contributed by atoms with Crippen LogP contribution in [-0.2, 0) is 36.5 Å². The molecule has 0 aromatic rings. The third-order valence-corrected chi connectivity index (χ3v) is 0. The van der Waals surface area contributed by atoms with Crippen molar-refractivity contribution in [3.05, 3.63) is 0 Å². The number of hydrogen-bond donors (Lipinski definition) is 0. The molecule has 0 atom stereocenters. The topological polar surface area (TPSA) is 0 Å². The molecule has 0 rings (SSSR count). The molecular formula is H5BiCuNdSnZn. The standard InChI is InChI=1S/Bi.Cu.Nd.Sn.Zn.5H. The monoisotopic (exact) mass is 603 g/mol. The summed E-state index contributed by atoms with van der Waals surface area (Å²) in [5, 5.41) is 0. The average Bonchev–Trinajstić information content (AvgIpc) is 0. The van der Waals surface area contributed by atoms with E-state index >= 15 is 0 Å². The molecule has 0 amide bonds. The Morgan fingerprint density at radius 3 is 1.00 bits per heavy atom. The minimum atomic E-state index is 0. The first-order valence-corrected chi connectivity index (χ1v) is 0. The van der Waals surface area contributed by atoms with Gasteiger partial charge in [-0.2, -0.15) is 0 Å². The maximum absolute atomic E-state index is 0. The van der Waals surface area contributed by atoms with Gasteiger partial charge >= 0.3 is 50.1 Å². The summed E-state index contributed by atoms with van der Waals surface area (Å²) in [6.45, 7) is 0. The van der Waals surface area contributed by atoms with Gasteiger partial charge in [-0.25, -0.2) is 0 Å². The fourth-order valence-corrected chi connectivity index (χ4v) is 0. The summed E-state index contributed by atoms with van der Waals surface area (Å²) in [6.07, 6.45) is 0. The van der Waals surface area contributed by atoms with Crippen LogP contribution < -0.4 is 0 Å². The minimum absolute atomic E-state index is 0. The maximum atomic E-state index is 0. The third kappa shape index (κ3) is 17.9. The molecule has 0 spiro atoms. The van der Waals surface area contributed by atoms with Gasteiger partial charge in [0.2, 0.25) is 0 Å². The van der Waals surface area contributed by atoms with Gasteiger partial charge in [0.15, 0.2) is 0 Å². The molecule has 3 radical (unpaired) electrons. The van der Waals surface area contributed by atoms with Crippen LogP contribution in [0, 0.1) is 40.8 Å². The molecule has 0 aromatic heterocycles. The second kappa shape index (κ2) is 24.1. The van der Waals surface area contributed by atoms with E-state index < -0.39 is 0 Å². The summed E-state index contributed by atoms with van der Waals surface area (Å²) in [5.74, 6) is 0. The molecule has 0 saturated heterocycles. The van der Waals surface area contributed by atoms with Gasteiger partial charge in [0.05, 0.1) is 0 Å². The van der Waals surface area contributed by atoms with Gasteiger partial charge in [-0.1, -0.05) is 0 Å². The van der Waals surface area contributed by atoms with Gasteiger partial charge in [-0.05, 0) is 0 Å². The predicted octanol–water partition coefficient (Wildman–Crippen LogP) is -2.11. The van der Waals surface area contributed by atoms with Crippen molar-refractivity contribution >= 4 is 50.1 Å². The van der Waals surface area contributed by atoms with Gasteiger partial charge in [0, 0.05) is 77.4 Å². The average molecular weight is 606 g/mol. The van der Waals surface area contributed by atoms with Gasteiger partial charge in [0.1, 0.15) is 0 Å². The van der Waals surface area contributed by atoms with Gasteiger partial charge in [0.25, 0.3) is 0 Å². The predicted molar refractivity (Wildman–Crippen MR) is 18.5 cm³/mol. The SMILES string of the molecule is [BiH3].[Cu].[Nd].[SnH2].[Zn]. The molecule has 0 N–H and O–H groups in total. The van der Waals surface area contributed by atoms with Crippen LogP contribution in [0.1, 0.15) is 0 Å². The molecule has 0 aliphatic carbocycles. The number of hydrogen-bond acceptors (Lipinski definition) is 0. The van der Waals surface area contributed by atoms with Gasteiger partial charge < -0.3 is 0 Å². The summed E-state index contributed by atoms with van der Waals surface area (Å²) in [4.78, 5) is 0. The third-order valence-electron chi connectivity index (χ3n) is 0. The van der Waals surface area contributed by atoms with E-state index in [9.17, 15) is 0 Å². The molecule has 0 fully saturated rings. The summed E-state index contributed by atoms with van der Waals surface area (Å²) >= 11 is 0. The molecule has 0 nitrogen and oxygen atoms in total. The summed E-state index contributed by atoms with van der Waals surface area (Å²) in [5.41, 5.74) is 0. The van der Waals surface area contributed by atoms with E-state index in [4.69, 9.17) is 0 Å². The zero-order chi connectivity index (χ0) is 0. The Balaban J connectivity index is 0. The molecule has 31 valence electrons. The van der Waals surface area contributed by atoms with Crippen molar-refractivity contribution in [2.24, 2.45) is 0 Å². The van der Waals surface area contributed by atoms with Gasteiger partial charge in [-0.3, -0.25) is 0 Å². The van der Waals surface area contributed by atoms with Gasteiger partial charge in [-0.15, -0.1) is 0 Å². The molecule has 0 saturated carbocycles. The van der Waals surface area contributed by atoms with E-state index in [0.717, 1.165) is 0 Å². The van der Waals surface area contributed by atoms with Crippen molar-refractivity contribution < 1.29 is 77.4 Å². The largest absolute Gasteiger partial charge is 0 e. The zero-order valence-electron chi connectivity index (χ0n) is 2.92. The van der Waals surface area contributed by atoms with E-state index in [0.29, 0.717) is 0 Å². The first-order chi connectivity index (χ1) is 0. The van der Waals surface area contributed by atoms with E-state index in [-0.39, 0.29) is 127 Å². The van der Waals surface area contributed by atoms with Crippen LogP contribution in [0.3, 0.4) is 0 Å². The molecule has 0 heterocycles. The van der Waals surface area contributed by atoms with Crippen LogP contribution in [0.5, 0.6) is 0 Å². The normalized spacial score (nSPS) is 0. The van der Waals surface area contributed by atoms with Crippen LogP contribution in [-0.4, -0.2) is 50.1 Å². The zero-order valence-corrected chi connectivity index (χ0v) is 19.6. The molecule has 5 heteroatoms. The van der Waals surface area contributed by atoms with E-state index in [2.05, 4.69) is 0 Å². The van der Waals surface area contributed by atoms with E-state index in [1.54, 1.807) is 0 Å². The second-order valence-corrected chi connectivity index (χ2v) is 0. The molecule has 0 unspecified atom stereocenters. The fraction of sp³-hybridized carbons (Fsp3) is 0. The second-order valence-electron chi connectivity index (χ2n) is 0. The molecule has 0 aromatic carbocycles. The molecule has 5 heavy (non-hydrogen) atoms. The smallest absolute Gasteiger partial charge is 0 e. The Morgan fingerprint density at radius 1 is 1.00 bits per heavy atom. The number of rotatable bonds is 0. The Labute approximate surface area is 124 Å². The first-order valence-electron chi connectivity index (χ1n) is 0. The van der Waals surface area contributed by atoms with Crippen LogP contribution in [0.25, 0.3) is 0 Å². The Kier molecular flexibility index (Phi) is 170. The molecule has 0 aliphatic rings. The Hall–Kier alpha value is 4.18. The van der Waals surface area contributed by atoms with E-state index in [1.807, 2.05) is 0 Å². The molecular weight excluding hydrogens is 601 g/mol. The Morgan fingerprint density at radius 2 is 1.00 bits per heavy atom. The van der Waals surface area contributed by atoms with Crippen molar-refractivity contribution in [3.8, 4) is 0 Å². The van der Waals surface area contributed by atoms with Crippen LogP contribution in [0.2, 0.25) is 0 Å². The molecule has 0 bridgehead atoms. The Bertz CT molecular complexity index is 11.6. The van der Waals surface area contributed by atoms with Crippen molar-refractivity contribution in [2.45, 2.75) is 0 Å². The maximum Gasteiger partial charge on any atom is 0 e. The van der Waals surface area contributed by atoms with Crippen LogP contribution in [0.15, 0.2) is 0 Å². The fourth-order valence-electron chi connectivity index (χ4n) is 0. The van der Waals surface area contributed by atoms with Crippen LogP contribution >= 0.6 is 0 Å². The van der Waals surface area contributed by atoms with Crippen molar-refractivity contribution in [1.29, 1.82) is 0 Å². The summed E-state index contributed by atoms with van der Waals surface area (Å²) in [6, 6.07) is 0. The summed E-state index contributed by atoms with van der Waals surface area (Å²) < 4.78 is 0. The minimum Gasteiger partial charge on any atom is 0 e. The van der Waals surface area contributed by atoms with Crippen molar-refractivity contribution in [2.75, 3.05) is 0 Å². The first kappa shape index (κ1) is 35.2. The summed E-state index contributed by atoms with van der Waals surface area (Å²) in [7, 11) is 0. The van der Waals surface area contributed by atoms with Crippen molar-refractivity contribution in [3.63, 3.8) is 0 Å². The molecule has 0 aliphatic heterocycles. The quantitative estimate of drug-likeness (QED) is 0.278. The van der Waals surface area contributed by atoms with E-state index in [1.165, 1.54) is 0 Å². The van der Waals surface area contributed by atoms with Crippen LogP contribution in [0.4, 0.5) is 0 Å².